The van der Waals surface area contributed by atoms with Gasteiger partial charge in [0.2, 0.25) is 0 Å². The molecule has 0 spiro atoms. The lowest BCUT2D eigenvalue weighted by atomic mass is 9.99. The molecule has 0 amide bonds. The molecule has 1 aliphatic rings. The highest BCUT2D eigenvalue weighted by atomic mass is 16.7. The van der Waals surface area contributed by atoms with Crippen LogP contribution in [0.15, 0.2) is 48.5 Å². The number of rotatable bonds is 9. The molecular formula is C28H28O15. The molecule has 1 aliphatic heterocycles. The van der Waals surface area contributed by atoms with Gasteiger partial charge in [-0.15, -0.1) is 0 Å². The summed E-state index contributed by atoms with van der Waals surface area (Å²) in [4.78, 5) is 24.6. The number of phenols is 6. The fourth-order valence-electron chi connectivity index (χ4n) is 4.06. The highest BCUT2D eigenvalue weighted by Crippen LogP contribution is 2.36. The van der Waals surface area contributed by atoms with Crippen molar-refractivity contribution in [1.82, 2.24) is 0 Å². The van der Waals surface area contributed by atoms with Crippen molar-refractivity contribution in [2.75, 3.05) is 13.2 Å². The predicted molar refractivity (Wildman–Crippen MR) is 141 cm³/mol. The zero-order valence-electron chi connectivity index (χ0n) is 22.1. The fraction of sp³-hybridized carbons (Fsp3) is 0.286. The van der Waals surface area contributed by atoms with Crippen LogP contribution in [0.4, 0.5) is 0 Å². The molecule has 1 saturated heterocycles. The van der Waals surface area contributed by atoms with E-state index in [4.69, 9.17) is 18.9 Å². The lowest BCUT2D eigenvalue weighted by Gasteiger charge is -2.40. The van der Waals surface area contributed by atoms with Gasteiger partial charge in [-0.05, 0) is 48.4 Å². The molecule has 0 unspecified atom stereocenters. The lowest BCUT2D eigenvalue weighted by molar-refractivity contribution is -0.300. The molecule has 0 saturated carbocycles. The number of hydrogen-bond donors (Lipinski definition) is 9. The van der Waals surface area contributed by atoms with Crippen LogP contribution in [-0.4, -0.2) is 102 Å². The molecule has 15 nitrogen and oxygen atoms in total. The van der Waals surface area contributed by atoms with Crippen LogP contribution in [0.1, 0.15) is 26.3 Å². The molecule has 0 radical (unpaired) electrons. The maximum atomic E-state index is 12.3. The van der Waals surface area contributed by atoms with Gasteiger partial charge in [-0.1, -0.05) is 12.1 Å². The Balaban J connectivity index is 1.28. The molecule has 15 heteroatoms. The number of ether oxygens (including phenoxy) is 4. The first-order valence-corrected chi connectivity index (χ1v) is 12.6. The summed E-state index contributed by atoms with van der Waals surface area (Å²) < 4.78 is 21.2. The summed E-state index contributed by atoms with van der Waals surface area (Å²) in [6.07, 6.45) is -7.48. The maximum absolute atomic E-state index is 12.3. The van der Waals surface area contributed by atoms with E-state index in [1.807, 2.05) is 0 Å². The van der Waals surface area contributed by atoms with Crippen LogP contribution < -0.4 is 4.74 Å². The van der Waals surface area contributed by atoms with Crippen molar-refractivity contribution in [1.29, 1.82) is 0 Å². The maximum Gasteiger partial charge on any atom is 0.343 e. The summed E-state index contributed by atoms with van der Waals surface area (Å²) in [6, 6.07) is 9.72. The van der Waals surface area contributed by atoms with E-state index in [9.17, 15) is 55.5 Å². The van der Waals surface area contributed by atoms with Crippen molar-refractivity contribution >= 4 is 11.9 Å². The summed E-state index contributed by atoms with van der Waals surface area (Å²) in [7, 11) is 0. The molecule has 3 aromatic carbocycles. The smallest absolute Gasteiger partial charge is 0.343 e. The Bertz CT molecular complexity index is 1430. The third kappa shape index (κ3) is 7.17. The SMILES string of the molecule is O=C(OC[C@H]1O[C@@H](OCCc2ccc(OC(=O)c3cc(O)c(O)c(O)c3)cc2)[C@H](O)[C@@H](O)[C@@H]1O)c1cc(O)c(O)c(O)c1. The Labute approximate surface area is 242 Å². The van der Waals surface area contributed by atoms with Gasteiger partial charge in [0.25, 0.3) is 0 Å². The molecule has 1 fully saturated rings. The van der Waals surface area contributed by atoms with E-state index in [1.54, 1.807) is 12.1 Å². The van der Waals surface area contributed by atoms with Crippen LogP contribution in [0.2, 0.25) is 0 Å². The number of hydrogen-bond acceptors (Lipinski definition) is 15. The van der Waals surface area contributed by atoms with Gasteiger partial charge in [-0.25, -0.2) is 9.59 Å². The van der Waals surface area contributed by atoms with Crippen molar-refractivity contribution in [2.45, 2.75) is 37.1 Å². The van der Waals surface area contributed by atoms with Gasteiger partial charge in [0.1, 0.15) is 36.8 Å². The quantitative estimate of drug-likeness (QED) is 0.0908. The van der Waals surface area contributed by atoms with Gasteiger partial charge in [-0.3, -0.25) is 0 Å². The van der Waals surface area contributed by atoms with Gasteiger partial charge >= 0.3 is 11.9 Å². The summed E-state index contributed by atoms with van der Waals surface area (Å²) in [5.74, 6) is -6.32. The normalized spacial score (nSPS) is 21.7. The van der Waals surface area contributed by atoms with E-state index < -0.39 is 83.7 Å². The molecule has 0 bridgehead atoms. The van der Waals surface area contributed by atoms with Crippen molar-refractivity contribution in [3.8, 4) is 40.2 Å². The first kappa shape index (κ1) is 31.1. The van der Waals surface area contributed by atoms with E-state index in [0.717, 1.165) is 24.3 Å². The zero-order chi connectivity index (χ0) is 31.4. The number of aliphatic hydroxyl groups is 3. The first-order chi connectivity index (χ1) is 20.3. The molecule has 230 valence electrons. The third-order valence-electron chi connectivity index (χ3n) is 6.46. The second-order valence-corrected chi connectivity index (χ2v) is 9.49. The molecule has 5 atom stereocenters. The van der Waals surface area contributed by atoms with E-state index in [-0.39, 0.29) is 29.9 Å². The first-order valence-electron chi connectivity index (χ1n) is 12.6. The highest BCUT2D eigenvalue weighted by molar-refractivity contribution is 5.92. The molecule has 4 rings (SSSR count). The molecule has 3 aromatic rings. The van der Waals surface area contributed by atoms with E-state index in [1.165, 1.54) is 12.1 Å². The Morgan fingerprint density at radius 1 is 0.698 bits per heavy atom. The van der Waals surface area contributed by atoms with Gasteiger partial charge in [0.15, 0.2) is 40.8 Å². The number of aromatic hydroxyl groups is 6. The molecule has 0 aromatic heterocycles. The summed E-state index contributed by atoms with van der Waals surface area (Å²) in [6.45, 7) is -0.635. The van der Waals surface area contributed by atoms with Crippen LogP contribution in [-0.2, 0) is 20.6 Å². The molecule has 1 heterocycles. The predicted octanol–water partition coefficient (Wildman–Crippen LogP) is 0.363. The van der Waals surface area contributed by atoms with Crippen molar-refractivity contribution < 1.29 is 74.5 Å². The van der Waals surface area contributed by atoms with Crippen LogP contribution in [0.5, 0.6) is 40.2 Å². The second kappa shape index (κ2) is 13.0. The van der Waals surface area contributed by atoms with E-state index >= 15 is 0 Å². The zero-order valence-corrected chi connectivity index (χ0v) is 22.1. The van der Waals surface area contributed by atoms with Crippen molar-refractivity contribution in [3.63, 3.8) is 0 Å². The van der Waals surface area contributed by atoms with Gasteiger partial charge in [0, 0.05) is 0 Å². The van der Waals surface area contributed by atoms with Crippen LogP contribution in [0.25, 0.3) is 0 Å². The topological polar surface area (TPSA) is 253 Å². The lowest BCUT2D eigenvalue weighted by Crippen LogP contribution is -2.59. The minimum absolute atomic E-state index is 0.0334. The monoisotopic (exact) mass is 604 g/mol. The molecular weight excluding hydrogens is 576 g/mol. The number of aliphatic hydroxyl groups excluding tert-OH is 3. The van der Waals surface area contributed by atoms with Crippen molar-refractivity contribution in [3.05, 3.63) is 65.2 Å². The van der Waals surface area contributed by atoms with Crippen LogP contribution >= 0.6 is 0 Å². The van der Waals surface area contributed by atoms with Gasteiger partial charge in [0.05, 0.1) is 17.7 Å². The second-order valence-electron chi connectivity index (χ2n) is 9.49. The minimum Gasteiger partial charge on any atom is -0.504 e. The van der Waals surface area contributed by atoms with Crippen LogP contribution in [0, 0.1) is 0 Å². The van der Waals surface area contributed by atoms with Crippen molar-refractivity contribution in [2.24, 2.45) is 0 Å². The Morgan fingerprint density at radius 3 is 1.74 bits per heavy atom. The van der Waals surface area contributed by atoms with Crippen LogP contribution in [0.3, 0.4) is 0 Å². The Hall–Kier alpha value is -4.80. The average molecular weight is 605 g/mol. The Kier molecular flexibility index (Phi) is 9.43. The largest absolute Gasteiger partial charge is 0.504 e. The number of benzene rings is 3. The molecule has 9 N–H and O–H groups in total. The van der Waals surface area contributed by atoms with E-state index in [0.29, 0.717) is 5.56 Å². The number of carbonyl (C=O) groups excluding carboxylic acids is 2. The number of carbonyl (C=O) groups is 2. The summed E-state index contributed by atoms with van der Waals surface area (Å²) >= 11 is 0. The number of esters is 2. The minimum atomic E-state index is -1.71. The van der Waals surface area contributed by atoms with Gasteiger partial charge < -0.3 is 64.9 Å². The third-order valence-corrected chi connectivity index (χ3v) is 6.46. The molecule has 0 aliphatic carbocycles. The summed E-state index contributed by atoms with van der Waals surface area (Å²) in [5, 5.41) is 87.9. The van der Waals surface area contributed by atoms with E-state index in [2.05, 4.69) is 0 Å². The van der Waals surface area contributed by atoms with Gasteiger partial charge in [-0.2, -0.15) is 0 Å². The number of phenolic OH excluding ortho intramolecular Hbond substituents is 6. The standard InChI is InChI=1S/C28H28O15/c29-16-7-13(8-17(30)21(16)33)26(38)41-11-20-23(35)24(36)25(37)28(43-20)40-6-5-12-1-3-15(4-2-12)42-27(39)14-9-18(31)22(34)19(32)10-14/h1-4,7-10,20,23-25,28-37H,5-6,11H2/t20-,23-,24+,25-,28-/m1/s1. The summed E-state index contributed by atoms with van der Waals surface area (Å²) in [5.41, 5.74) is 0.193. The fourth-order valence-corrected chi connectivity index (χ4v) is 4.06. The Morgan fingerprint density at radius 2 is 1.21 bits per heavy atom. The average Bonchev–Trinajstić information content (AvgIpc) is 2.98. The molecule has 43 heavy (non-hydrogen) atoms. The highest BCUT2D eigenvalue weighted by Gasteiger charge is 2.44.